The second-order valence-corrected chi connectivity index (χ2v) is 9.19. The van der Waals surface area contributed by atoms with Gasteiger partial charge in [-0.25, -0.2) is 13.4 Å². The second-order valence-electron chi connectivity index (χ2n) is 7.05. The molecule has 0 saturated heterocycles. The Balaban J connectivity index is 1.68. The van der Waals surface area contributed by atoms with E-state index in [-0.39, 0.29) is 18.2 Å². The van der Waals surface area contributed by atoms with Crippen LogP contribution in [0.15, 0.2) is 54.7 Å². The normalized spacial score (nSPS) is 11.8. The fourth-order valence-corrected chi connectivity index (χ4v) is 4.09. The molecule has 4 rings (SSSR count). The van der Waals surface area contributed by atoms with Crippen molar-refractivity contribution in [2.75, 3.05) is 11.6 Å². The minimum absolute atomic E-state index is 0.0407. The number of hydrogen-bond donors (Lipinski definition) is 1. The number of nitrogens with one attached hydrogen (secondary N) is 1. The summed E-state index contributed by atoms with van der Waals surface area (Å²) in [6.45, 7) is 1.93. The zero-order valence-corrected chi connectivity index (χ0v) is 16.9. The molecule has 2 heterocycles. The molecule has 8 heteroatoms. The first-order chi connectivity index (χ1) is 13.8. The van der Waals surface area contributed by atoms with E-state index in [0.717, 1.165) is 28.2 Å². The molecule has 0 atom stereocenters. The third-order valence-electron chi connectivity index (χ3n) is 4.67. The van der Waals surface area contributed by atoms with Crippen molar-refractivity contribution >= 4 is 43.4 Å². The number of anilines is 1. The highest BCUT2D eigenvalue weighted by Crippen LogP contribution is 2.25. The molecule has 0 aliphatic carbocycles. The van der Waals surface area contributed by atoms with Crippen molar-refractivity contribution in [3.63, 3.8) is 0 Å². The van der Waals surface area contributed by atoms with Crippen LogP contribution in [-0.2, 0) is 26.9 Å². The van der Waals surface area contributed by atoms with E-state index in [9.17, 15) is 13.2 Å². The lowest BCUT2D eigenvalue weighted by Crippen LogP contribution is -2.21. The van der Waals surface area contributed by atoms with Crippen molar-refractivity contribution in [2.24, 2.45) is 0 Å². The lowest BCUT2D eigenvalue weighted by Gasteiger charge is -2.12. The molecule has 0 fully saturated rings. The van der Waals surface area contributed by atoms with Crippen LogP contribution in [0.3, 0.4) is 0 Å². The van der Waals surface area contributed by atoms with Crippen LogP contribution in [0.5, 0.6) is 0 Å². The van der Waals surface area contributed by atoms with Crippen LogP contribution >= 0.6 is 0 Å². The number of amides is 1. The second kappa shape index (κ2) is 7.29. The molecule has 0 unspecified atom stereocenters. The smallest absolute Gasteiger partial charge is 0.244 e. The quantitative estimate of drug-likeness (QED) is 0.548. The molecule has 0 aliphatic heterocycles. The number of pyridine rings is 1. The Hall–Kier alpha value is -3.26. The molecular weight excluding hydrogens is 388 g/mol. The number of benzene rings is 2. The van der Waals surface area contributed by atoms with Crippen LogP contribution < -0.4 is 5.32 Å². The maximum Gasteiger partial charge on any atom is 0.244 e. The molecule has 0 saturated carbocycles. The molecule has 1 N–H and O–H groups in total. The first-order valence-electron chi connectivity index (χ1n) is 9.08. The van der Waals surface area contributed by atoms with Crippen LogP contribution in [0.25, 0.3) is 21.9 Å². The van der Waals surface area contributed by atoms with E-state index in [1.807, 2.05) is 49.4 Å². The van der Waals surface area contributed by atoms with E-state index in [1.54, 1.807) is 16.8 Å². The summed E-state index contributed by atoms with van der Waals surface area (Å²) in [7, 11) is -3.30. The summed E-state index contributed by atoms with van der Waals surface area (Å²) in [5, 5.41) is 3.78. The van der Waals surface area contributed by atoms with E-state index in [2.05, 4.69) is 15.3 Å². The zero-order chi connectivity index (χ0) is 20.6. The Bertz CT molecular complexity index is 1340. The molecule has 2 aromatic heterocycles. The van der Waals surface area contributed by atoms with Gasteiger partial charge in [-0.05, 0) is 42.8 Å². The predicted molar refractivity (Wildman–Crippen MR) is 113 cm³/mol. The third kappa shape index (κ3) is 3.97. The summed E-state index contributed by atoms with van der Waals surface area (Å²) >= 11 is 0. The summed E-state index contributed by atoms with van der Waals surface area (Å²) in [5.74, 6) is -0.150. The minimum Gasteiger partial charge on any atom is -0.324 e. The van der Waals surface area contributed by atoms with E-state index in [1.165, 1.54) is 0 Å². The maximum atomic E-state index is 12.8. The van der Waals surface area contributed by atoms with E-state index in [0.29, 0.717) is 17.0 Å². The average molecular weight is 408 g/mol. The Morgan fingerprint density at radius 1 is 1.10 bits per heavy atom. The number of carbonyl (C=O) groups excluding carboxylic acids is 1. The van der Waals surface area contributed by atoms with Crippen molar-refractivity contribution in [1.29, 1.82) is 0 Å². The highest BCUT2D eigenvalue weighted by Gasteiger charge is 2.18. The van der Waals surface area contributed by atoms with Gasteiger partial charge in [-0.15, -0.1) is 0 Å². The molecule has 0 bridgehead atoms. The monoisotopic (exact) mass is 408 g/mol. The molecule has 0 spiro atoms. The van der Waals surface area contributed by atoms with Crippen molar-refractivity contribution in [3.05, 3.63) is 66.1 Å². The summed E-state index contributed by atoms with van der Waals surface area (Å²) in [6, 6.07) is 14.8. The van der Waals surface area contributed by atoms with Gasteiger partial charge in [0.2, 0.25) is 5.91 Å². The van der Waals surface area contributed by atoms with E-state index in [4.69, 9.17) is 0 Å². The number of aromatic nitrogens is 3. The number of para-hydroxylation sites is 2. The number of sulfone groups is 1. The van der Waals surface area contributed by atoms with Gasteiger partial charge in [-0.3, -0.25) is 9.78 Å². The van der Waals surface area contributed by atoms with Gasteiger partial charge in [0.15, 0.2) is 9.84 Å². The van der Waals surface area contributed by atoms with Crippen LogP contribution in [0.4, 0.5) is 5.69 Å². The number of aryl methyl sites for hydroxylation is 1. The van der Waals surface area contributed by atoms with Gasteiger partial charge >= 0.3 is 0 Å². The standard InChI is InChI=1S/C21H20N4O3S/c1-14-9-10-16(15-6-5-11-22-21(14)15)24-20(26)12-25-18-8-4-3-7-17(18)23-19(25)13-29(2,27)28/h3-11H,12-13H2,1-2H3,(H,24,26). The van der Waals surface area contributed by atoms with Gasteiger partial charge in [0.05, 0.1) is 22.2 Å². The van der Waals surface area contributed by atoms with Crippen molar-refractivity contribution in [3.8, 4) is 0 Å². The highest BCUT2D eigenvalue weighted by atomic mass is 32.2. The summed E-state index contributed by atoms with van der Waals surface area (Å²) < 4.78 is 25.3. The Labute approximate surface area is 168 Å². The molecule has 1 amide bonds. The predicted octanol–water partition coefficient (Wildman–Crippen LogP) is 3.08. The van der Waals surface area contributed by atoms with Gasteiger partial charge in [-0.2, -0.15) is 0 Å². The van der Waals surface area contributed by atoms with Crippen LogP contribution in [0.2, 0.25) is 0 Å². The molecule has 7 nitrogen and oxygen atoms in total. The van der Waals surface area contributed by atoms with Gasteiger partial charge in [-0.1, -0.05) is 18.2 Å². The molecule has 0 aliphatic rings. The van der Waals surface area contributed by atoms with Crippen LogP contribution in [0.1, 0.15) is 11.4 Å². The van der Waals surface area contributed by atoms with Gasteiger partial charge < -0.3 is 9.88 Å². The lowest BCUT2D eigenvalue weighted by atomic mass is 10.1. The molecule has 2 aromatic carbocycles. The lowest BCUT2D eigenvalue weighted by molar-refractivity contribution is -0.116. The largest absolute Gasteiger partial charge is 0.324 e. The number of fused-ring (bicyclic) bond motifs is 2. The molecule has 0 radical (unpaired) electrons. The van der Waals surface area contributed by atoms with Gasteiger partial charge in [0.25, 0.3) is 0 Å². The Kier molecular flexibility index (Phi) is 4.79. The SMILES string of the molecule is Cc1ccc(NC(=O)Cn2c(CS(C)(=O)=O)nc3ccccc32)c2cccnc12. The maximum absolute atomic E-state index is 12.8. The summed E-state index contributed by atoms with van der Waals surface area (Å²) in [4.78, 5) is 21.6. The van der Waals surface area contributed by atoms with Gasteiger partial charge in [0, 0.05) is 17.8 Å². The Morgan fingerprint density at radius 3 is 2.69 bits per heavy atom. The first kappa shape index (κ1) is 19.1. The summed E-state index contributed by atoms with van der Waals surface area (Å²) in [6.07, 6.45) is 2.87. The average Bonchev–Trinajstić information content (AvgIpc) is 3.00. The zero-order valence-electron chi connectivity index (χ0n) is 16.1. The van der Waals surface area contributed by atoms with Crippen LogP contribution in [0, 0.1) is 6.92 Å². The third-order valence-corrected chi connectivity index (χ3v) is 5.45. The van der Waals surface area contributed by atoms with Gasteiger partial charge in [0.1, 0.15) is 18.1 Å². The number of hydrogen-bond acceptors (Lipinski definition) is 5. The van der Waals surface area contributed by atoms with Crippen molar-refractivity contribution in [1.82, 2.24) is 14.5 Å². The number of nitrogens with zero attached hydrogens (tertiary/aromatic N) is 3. The Morgan fingerprint density at radius 2 is 1.90 bits per heavy atom. The summed E-state index contributed by atoms with van der Waals surface area (Å²) in [5.41, 5.74) is 3.89. The minimum atomic E-state index is -3.30. The fraction of sp³-hybridized carbons (Fsp3) is 0.190. The number of rotatable bonds is 5. The first-order valence-corrected chi connectivity index (χ1v) is 11.1. The van der Waals surface area contributed by atoms with Crippen molar-refractivity contribution < 1.29 is 13.2 Å². The topological polar surface area (TPSA) is 94.0 Å². The fourth-order valence-electron chi connectivity index (χ4n) is 3.40. The van der Waals surface area contributed by atoms with E-state index >= 15 is 0 Å². The van der Waals surface area contributed by atoms with Crippen LogP contribution in [-0.4, -0.2) is 35.1 Å². The molecule has 29 heavy (non-hydrogen) atoms. The molecule has 148 valence electrons. The van der Waals surface area contributed by atoms with E-state index < -0.39 is 9.84 Å². The highest BCUT2D eigenvalue weighted by molar-refractivity contribution is 7.89. The number of carbonyl (C=O) groups is 1. The molecule has 4 aromatic rings. The van der Waals surface area contributed by atoms with Crippen molar-refractivity contribution in [2.45, 2.75) is 19.2 Å². The molecular formula is C21H20N4O3S. The number of imidazole rings is 1.